The summed E-state index contributed by atoms with van der Waals surface area (Å²) in [6.07, 6.45) is 4.16. The summed E-state index contributed by atoms with van der Waals surface area (Å²) in [5, 5.41) is 11.3. The molecule has 28 heavy (non-hydrogen) atoms. The van der Waals surface area contributed by atoms with E-state index in [1.54, 1.807) is 11.0 Å². The van der Waals surface area contributed by atoms with Gasteiger partial charge in [-0.15, -0.1) is 5.10 Å². The maximum absolute atomic E-state index is 13.1. The van der Waals surface area contributed by atoms with Crippen LogP contribution in [0.15, 0.2) is 18.5 Å². The standard InChI is InChI=1S/C16H21ClN6O4S/c1-27-15-7-14(23-10-18-20-21-23)13(17)6-12(15)16(24)22-5-3-4-11(9-22)8-19-28(2,25)26/h6-7,10-11,19H,3-5,8-9H2,1-2H3/t11-/m1/s1. The highest BCUT2D eigenvalue weighted by molar-refractivity contribution is 7.88. The molecule has 152 valence electrons. The summed E-state index contributed by atoms with van der Waals surface area (Å²) < 4.78 is 31.9. The molecule has 0 saturated carbocycles. The van der Waals surface area contributed by atoms with Crippen LogP contribution < -0.4 is 9.46 Å². The van der Waals surface area contributed by atoms with E-state index in [0.717, 1.165) is 19.1 Å². The molecule has 1 fully saturated rings. The number of halogens is 1. The molecule has 0 spiro atoms. The third kappa shape index (κ3) is 4.78. The number of hydrogen-bond donors (Lipinski definition) is 1. The smallest absolute Gasteiger partial charge is 0.257 e. The summed E-state index contributed by atoms with van der Waals surface area (Å²) in [5.41, 5.74) is 0.829. The molecule has 0 aliphatic carbocycles. The van der Waals surface area contributed by atoms with Crippen molar-refractivity contribution in [3.8, 4) is 11.4 Å². The van der Waals surface area contributed by atoms with Crippen molar-refractivity contribution in [1.82, 2.24) is 29.8 Å². The molecular weight excluding hydrogens is 408 g/mol. The van der Waals surface area contributed by atoms with Gasteiger partial charge in [0, 0.05) is 25.7 Å². The normalized spacial score (nSPS) is 17.5. The van der Waals surface area contributed by atoms with Gasteiger partial charge in [0.1, 0.15) is 12.1 Å². The Morgan fingerprint density at radius 1 is 1.43 bits per heavy atom. The van der Waals surface area contributed by atoms with E-state index in [2.05, 4.69) is 20.2 Å². The highest BCUT2D eigenvalue weighted by atomic mass is 35.5. The van der Waals surface area contributed by atoms with Crippen LogP contribution in [0.4, 0.5) is 0 Å². The summed E-state index contributed by atoms with van der Waals surface area (Å²) >= 11 is 6.34. The average molecular weight is 429 g/mol. The molecule has 0 bridgehead atoms. The lowest BCUT2D eigenvalue weighted by molar-refractivity contribution is 0.0673. The number of nitrogens with one attached hydrogen (secondary N) is 1. The predicted molar refractivity (Wildman–Crippen MR) is 102 cm³/mol. The zero-order chi connectivity index (χ0) is 20.3. The van der Waals surface area contributed by atoms with Crippen LogP contribution in [0.3, 0.4) is 0 Å². The summed E-state index contributed by atoms with van der Waals surface area (Å²) in [6.45, 7) is 1.35. The maximum atomic E-state index is 13.1. The lowest BCUT2D eigenvalue weighted by Crippen LogP contribution is -2.43. The Hall–Kier alpha value is -2.24. The molecule has 12 heteroatoms. The number of methoxy groups -OCH3 is 1. The van der Waals surface area contributed by atoms with Gasteiger partial charge in [-0.1, -0.05) is 11.6 Å². The molecule has 1 saturated heterocycles. The first-order valence-corrected chi connectivity index (χ1v) is 10.9. The Labute approximate surface area is 167 Å². The number of amides is 1. The monoisotopic (exact) mass is 428 g/mol. The molecule has 2 heterocycles. The minimum Gasteiger partial charge on any atom is -0.496 e. The molecule has 1 amide bonds. The fourth-order valence-corrected chi connectivity index (χ4v) is 3.97. The summed E-state index contributed by atoms with van der Waals surface area (Å²) in [4.78, 5) is 14.8. The lowest BCUT2D eigenvalue weighted by Gasteiger charge is -2.33. The summed E-state index contributed by atoms with van der Waals surface area (Å²) in [5.74, 6) is 0.191. The predicted octanol–water partition coefficient (Wildman–Crippen LogP) is 0.726. The van der Waals surface area contributed by atoms with Crippen LogP contribution >= 0.6 is 11.6 Å². The summed E-state index contributed by atoms with van der Waals surface area (Å²) in [6, 6.07) is 3.15. The molecule has 1 aliphatic rings. The number of carbonyl (C=O) groups excluding carboxylic acids is 1. The Kier molecular flexibility index (Phi) is 6.16. The number of ether oxygens (including phenoxy) is 1. The van der Waals surface area contributed by atoms with Gasteiger partial charge in [-0.25, -0.2) is 13.1 Å². The zero-order valence-electron chi connectivity index (χ0n) is 15.5. The van der Waals surface area contributed by atoms with Gasteiger partial charge < -0.3 is 9.64 Å². The molecule has 1 atom stereocenters. The fourth-order valence-electron chi connectivity index (χ4n) is 3.18. The molecule has 0 unspecified atom stereocenters. The van der Waals surface area contributed by atoms with Gasteiger partial charge in [-0.3, -0.25) is 4.79 Å². The van der Waals surface area contributed by atoms with Gasteiger partial charge in [-0.05, 0) is 35.3 Å². The number of rotatable bonds is 6. The van der Waals surface area contributed by atoms with Gasteiger partial charge >= 0.3 is 0 Å². The second-order valence-corrected chi connectivity index (χ2v) is 8.88. The van der Waals surface area contributed by atoms with E-state index in [-0.39, 0.29) is 11.8 Å². The molecule has 10 nitrogen and oxygen atoms in total. The van der Waals surface area contributed by atoms with Gasteiger partial charge in [0.25, 0.3) is 5.91 Å². The fraction of sp³-hybridized carbons (Fsp3) is 0.500. The average Bonchev–Trinajstić information content (AvgIpc) is 3.20. The van der Waals surface area contributed by atoms with Crippen molar-refractivity contribution in [3.05, 3.63) is 29.0 Å². The van der Waals surface area contributed by atoms with Crippen LogP contribution in [-0.4, -0.2) is 72.4 Å². The molecular formula is C16H21ClN6O4S. The molecule has 0 radical (unpaired) electrons. The van der Waals surface area contributed by atoms with E-state index in [0.29, 0.717) is 41.7 Å². The van der Waals surface area contributed by atoms with Crippen molar-refractivity contribution in [2.24, 2.45) is 5.92 Å². The number of piperidine rings is 1. The highest BCUT2D eigenvalue weighted by Gasteiger charge is 2.27. The van der Waals surface area contributed by atoms with Crippen LogP contribution in [0, 0.1) is 5.92 Å². The van der Waals surface area contributed by atoms with Crippen molar-refractivity contribution in [2.45, 2.75) is 12.8 Å². The SMILES string of the molecule is COc1cc(-n2cnnn2)c(Cl)cc1C(=O)N1CCC[C@H](CNS(C)(=O)=O)C1. The number of benzene rings is 1. The van der Waals surface area contributed by atoms with Crippen molar-refractivity contribution in [1.29, 1.82) is 0 Å². The van der Waals surface area contributed by atoms with Crippen LogP contribution in [0.5, 0.6) is 5.75 Å². The Bertz CT molecular complexity index is 950. The van der Waals surface area contributed by atoms with E-state index >= 15 is 0 Å². The minimum absolute atomic E-state index is 0.0504. The first kappa shape index (κ1) is 20.5. The van der Waals surface area contributed by atoms with Crippen LogP contribution in [-0.2, 0) is 10.0 Å². The molecule has 1 N–H and O–H groups in total. The van der Waals surface area contributed by atoms with E-state index < -0.39 is 10.0 Å². The quantitative estimate of drug-likeness (QED) is 0.719. The zero-order valence-corrected chi connectivity index (χ0v) is 17.1. The number of aromatic nitrogens is 4. The first-order chi connectivity index (χ1) is 13.3. The molecule has 1 aliphatic heterocycles. The van der Waals surface area contributed by atoms with Crippen molar-refractivity contribution in [2.75, 3.05) is 33.0 Å². The Balaban J connectivity index is 1.80. The van der Waals surface area contributed by atoms with E-state index in [1.165, 1.54) is 24.2 Å². The number of tetrazole rings is 1. The number of nitrogens with zero attached hydrogens (tertiary/aromatic N) is 5. The van der Waals surface area contributed by atoms with Crippen molar-refractivity contribution < 1.29 is 17.9 Å². The van der Waals surface area contributed by atoms with Gasteiger partial charge in [-0.2, -0.15) is 4.68 Å². The van der Waals surface area contributed by atoms with Gasteiger partial charge in [0.15, 0.2) is 0 Å². The van der Waals surface area contributed by atoms with Crippen LogP contribution in [0.1, 0.15) is 23.2 Å². The van der Waals surface area contributed by atoms with E-state index in [4.69, 9.17) is 16.3 Å². The molecule has 3 rings (SSSR count). The van der Waals surface area contributed by atoms with Crippen molar-refractivity contribution in [3.63, 3.8) is 0 Å². The minimum atomic E-state index is -3.27. The lowest BCUT2D eigenvalue weighted by atomic mass is 9.97. The Morgan fingerprint density at radius 3 is 2.86 bits per heavy atom. The topological polar surface area (TPSA) is 119 Å². The van der Waals surface area contributed by atoms with E-state index in [1.807, 2.05) is 0 Å². The Morgan fingerprint density at radius 2 is 2.21 bits per heavy atom. The molecule has 2 aromatic rings. The maximum Gasteiger partial charge on any atom is 0.257 e. The second kappa shape index (κ2) is 8.41. The van der Waals surface area contributed by atoms with Gasteiger partial charge in [0.05, 0.1) is 29.6 Å². The molecule has 1 aromatic heterocycles. The van der Waals surface area contributed by atoms with E-state index in [9.17, 15) is 13.2 Å². The third-order valence-electron chi connectivity index (χ3n) is 4.54. The van der Waals surface area contributed by atoms with Crippen LogP contribution in [0.2, 0.25) is 5.02 Å². The van der Waals surface area contributed by atoms with Crippen molar-refractivity contribution >= 4 is 27.5 Å². The highest BCUT2D eigenvalue weighted by Crippen LogP contribution is 2.31. The number of likely N-dealkylation sites (tertiary alicyclic amines) is 1. The largest absolute Gasteiger partial charge is 0.496 e. The first-order valence-electron chi connectivity index (χ1n) is 8.63. The van der Waals surface area contributed by atoms with Gasteiger partial charge in [0.2, 0.25) is 10.0 Å². The number of sulfonamides is 1. The third-order valence-corrected chi connectivity index (χ3v) is 5.53. The second-order valence-electron chi connectivity index (χ2n) is 6.64. The summed E-state index contributed by atoms with van der Waals surface area (Å²) in [7, 11) is -1.79. The molecule has 1 aromatic carbocycles. The number of carbonyl (C=O) groups is 1. The van der Waals surface area contributed by atoms with Crippen LogP contribution in [0.25, 0.3) is 5.69 Å². The number of hydrogen-bond acceptors (Lipinski definition) is 7.